The number of anilines is 2. The van der Waals surface area contributed by atoms with E-state index in [1.54, 1.807) is 49.9 Å². The van der Waals surface area contributed by atoms with Gasteiger partial charge in [0.1, 0.15) is 0 Å². The van der Waals surface area contributed by atoms with Crippen LogP contribution in [0.2, 0.25) is 0 Å². The van der Waals surface area contributed by atoms with Gasteiger partial charge in [-0.2, -0.15) is 0 Å². The predicted octanol–water partition coefficient (Wildman–Crippen LogP) is 2.73. The molecule has 1 N–H and O–H groups in total. The normalized spacial score (nSPS) is 15.1. The Balaban J connectivity index is 1.88. The fourth-order valence-electron chi connectivity index (χ4n) is 2.35. The van der Waals surface area contributed by atoms with E-state index in [9.17, 15) is 14.4 Å². The van der Waals surface area contributed by atoms with E-state index in [-0.39, 0.29) is 12.5 Å². The molecule has 0 spiro atoms. The first-order chi connectivity index (χ1) is 11.3. The van der Waals surface area contributed by atoms with Crippen molar-refractivity contribution in [2.24, 2.45) is 5.41 Å². The first-order valence-electron chi connectivity index (χ1n) is 8.15. The summed E-state index contributed by atoms with van der Waals surface area (Å²) in [5, 5.41) is 2.67. The number of nitrogens with one attached hydrogen (secondary N) is 1. The molecule has 0 atom stereocenters. The molecule has 6 heteroatoms. The van der Waals surface area contributed by atoms with Crippen LogP contribution in [0.3, 0.4) is 0 Å². The van der Waals surface area contributed by atoms with Crippen molar-refractivity contribution in [3.63, 3.8) is 0 Å². The van der Waals surface area contributed by atoms with Gasteiger partial charge in [0, 0.05) is 24.3 Å². The molecule has 0 radical (unpaired) electrons. The van der Waals surface area contributed by atoms with Crippen LogP contribution in [0.25, 0.3) is 0 Å². The highest BCUT2D eigenvalue weighted by atomic mass is 16.5. The summed E-state index contributed by atoms with van der Waals surface area (Å²) in [6.45, 7) is 5.60. The zero-order chi connectivity index (χ0) is 17.7. The summed E-state index contributed by atoms with van der Waals surface area (Å²) in [5.41, 5.74) is 0.792. The number of carbonyl (C=O) groups excluding carboxylic acids is 3. The highest BCUT2D eigenvalue weighted by molar-refractivity contribution is 5.95. The van der Waals surface area contributed by atoms with Crippen molar-refractivity contribution in [3.05, 3.63) is 24.3 Å². The van der Waals surface area contributed by atoms with E-state index < -0.39 is 17.3 Å². The first-order valence-corrected chi connectivity index (χ1v) is 8.15. The Morgan fingerprint density at radius 2 is 1.83 bits per heavy atom. The van der Waals surface area contributed by atoms with E-state index in [4.69, 9.17) is 4.74 Å². The van der Waals surface area contributed by atoms with Gasteiger partial charge in [-0.1, -0.05) is 0 Å². The van der Waals surface area contributed by atoms with Gasteiger partial charge in [-0.05, 0) is 57.9 Å². The van der Waals surface area contributed by atoms with Crippen molar-refractivity contribution in [1.82, 2.24) is 0 Å². The number of carbonyl (C=O) groups is 3. The molecule has 6 nitrogen and oxygen atoms in total. The standard InChI is InChI=1S/C18H24N2O4/c1-18(2,3)17(23)24-12-15(21)19-13-7-9-14(10-8-13)20-11-5-4-6-16(20)22/h7-10H,4-6,11-12H2,1-3H3,(H,19,21). The molecule has 1 aromatic rings. The second-order valence-corrected chi connectivity index (χ2v) is 6.92. The summed E-state index contributed by atoms with van der Waals surface area (Å²) < 4.78 is 4.97. The Morgan fingerprint density at radius 3 is 2.42 bits per heavy atom. The number of ether oxygens (including phenoxy) is 1. The third-order valence-electron chi connectivity index (χ3n) is 3.73. The van der Waals surface area contributed by atoms with Crippen LogP contribution in [0, 0.1) is 5.41 Å². The lowest BCUT2D eigenvalue weighted by Crippen LogP contribution is -2.35. The molecule has 0 aromatic heterocycles. The minimum atomic E-state index is -0.636. The van der Waals surface area contributed by atoms with Gasteiger partial charge in [0.25, 0.3) is 5.91 Å². The van der Waals surface area contributed by atoms with E-state index >= 15 is 0 Å². The number of hydrogen-bond donors (Lipinski definition) is 1. The maximum Gasteiger partial charge on any atom is 0.311 e. The summed E-state index contributed by atoms with van der Waals surface area (Å²) >= 11 is 0. The number of nitrogens with zero attached hydrogens (tertiary/aromatic N) is 1. The van der Waals surface area contributed by atoms with E-state index in [0.717, 1.165) is 25.1 Å². The average Bonchev–Trinajstić information content (AvgIpc) is 2.53. The summed E-state index contributed by atoms with van der Waals surface area (Å²) in [7, 11) is 0. The molecule has 0 bridgehead atoms. The molecule has 130 valence electrons. The van der Waals surface area contributed by atoms with E-state index in [0.29, 0.717) is 12.1 Å². The Bertz CT molecular complexity index is 617. The van der Waals surface area contributed by atoms with Gasteiger partial charge in [0.15, 0.2) is 6.61 Å². The summed E-state index contributed by atoms with van der Waals surface area (Å²) in [5.74, 6) is -0.682. The van der Waals surface area contributed by atoms with E-state index in [2.05, 4.69) is 5.32 Å². The quantitative estimate of drug-likeness (QED) is 0.860. The molecule has 1 fully saturated rings. The van der Waals surface area contributed by atoms with Crippen LogP contribution in [0.1, 0.15) is 40.0 Å². The molecule has 24 heavy (non-hydrogen) atoms. The molecule has 2 rings (SSSR count). The molecular formula is C18H24N2O4. The summed E-state index contributed by atoms with van der Waals surface area (Å²) in [6.07, 6.45) is 2.53. The number of benzene rings is 1. The maximum atomic E-state index is 11.9. The molecule has 1 aliphatic heterocycles. The number of hydrogen-bond acceptors (Lipinski definition) is 4. The highest BCUT2D eigenvalue weighted by Gasteiger charge is 2.24. The van der Waals surface area contributed by atoms with Crippen LogP contribution in [-0.2, 0) is 19.1 Å². The fourth-order valence-corrected chi connectivity index (χ4v) is 2.35. The lowest BCUT2D eigenvalue weighted by molar-refractivity contribution is -0.155. The van der Waals surface area contributed by atoms with Crippen LogP contribution >= 0.6 is 0 Å². The summed E-state index contributed by atoms with van der Waals surface area (Å²) in [4.78, 5) is 37.1. The lowest BCUT2D eigenvalue weighted by Gasteiger charge is -2.26. The molecule has 0 unspecified atom stereocenters. The van der Waals surface area contributed by atoms with Gasteiger partial charge in [0.2, 0.25) is 5.91 Å². The molecule has 0 aliphatic carbocycles. The third kappa shape index (κ3) is 4.81. The lowest BCUT2D eigenvalue weighted by atomic mass is 9.97. The van der Waals surface area contributed by atoms with Crippen molar-refractivity contribution in [2.45, 2.75) is 40.0 Å². The van der Waals surface area contributed by atoms with Crippen molar-refractivity contribution in [1.29, 1.82) is 0 Å². The molecule has 2 amide bonds. The topological polar surface area (TPSA) is 75.7 Å². The van der Waals surface area contributed by atoms with Crippen LogP contribution in [0.5, 0.6) is 0 Å². The number of piperidine rings is 1. The van der Waals surface area contributed by atoms with Gasteiger partial charge in [-0.25, -0.2) is 0 Å². The van der Waals surface area contributed by atoms with Crippen LogP contribution < -0.4 is 10.2 Å². The SMILES string of the molecule is CC(C)(C)C(=O)OCC(=O)Nc1ccc(N2CCCCC2=O)cc1. The second kappa shape index (κ2) is 7.47. The van der Waals surface area contributed by atoms with Crippen LogP contribution in [0.4, 0.5) is 11.4 Å². The monoisotopic (exact) mass is 332 g/mol. The maximum absolute atomic E-state index is 11.9. The number of esters is 1. The molecule has 1 saturated heterocycles. The summed E-state index contributed by atoms with van der Waals surface area (Å²) in [6, 6.07) is 7.08. The third-order valence-corrected chi connectivity index (χ3v) is 3.73. The fraction of sp³-hybridized carbons (Fsp3) is 0.500. The Hall–Kier alpha value is -2.37. The average molecular weight is 332 g/mol. The van der Waals surface area contributed by atoms with Gasteiger partial charge in [-0.3, -0.25) is 14.4 Å². The Morgan fingerprint density at radius 1 is 1.17 bits per heavy atom. The van der Waals surface area contributed by atoms with Crippen molar-refractivity contribution in [3.8, 4) is 0 Å². The first kappa shape index (κ1) is 18.0. The van der Waals surface area contributed by atoms with Gasteiger partial charge in [-0.15, -0.1) is 0 Å². The van der Waals surface area contributed by atoms with Crippen molar-refractivity contribution in [2.75, 3.05) is 23.4 Å². The zero-order valence-electron chi connectivity index (χ0n) is 14.4. The zero-order valence-corrected chi connectivity index (χ0v) is 14.4. The molecule has 1 heterocycles. The number of amides is 2. The largest absolute Gasteiger partial charge is 0.455 e. The Kier molecular flexibility index (Phi) is 5.59. The van der Waals surface area contributed by atoms with Gasteiger partial charge in [0.05, 0.1) is 5.41 Å². The number of rotatable bonds is 4. The highest BCUT2D eigenvalue weighted by Crippen LogP contribution is 2.22. The van der Waals surface area contributed by atoms with Crippen molar-refractivity contribution >= 4 is 29.2 Å². The smallest absolute Gasteiger partial charge is 0.311 e. The predicted molar refractivity (Wildman–Crippen MR) is 91.7 cm³/mol. The van der Waals surface area contributed by atoms with Crippen LogP contribution in [-0.4, -0.2) is 30.9 Å². The minimum absolute atomic E-state index is 0.132. The van der Waals surface area contributed by atoms with Crippen LogP contribution in [0.15, 0.2) is 24.3 Å². The van der Waals surface area contributed by atoms with Gasteiger partial charge >= 0.3 is 5.97 Å². The molecule has 1 aromatic carbocycles. The molecular weight excluding hydrogens is 308 g/mol. The van der Waals surface area contributed by atoms with Gasteiger partial charge < -0.3 is 15.0 Å². The second-order valence-electron chi connectivity index (χ2n) is 6.92. The van der Waals surface area contributed by atoms with E-state index in [1.807, 2.05) is 0 Å². The molecule has 0 saturated carbocycles. The Labute approximate surface area is 142 Å². The molecule has 1 aliphatic rings. The van der Waals surface area contributed by atoms with Crippen molar-refractivity contribution < 1.29 is 19.1 Å². The van der Waals surface area contributed by atoms with E-state index in [1.165, 1.54) is 0 Å². The minimum Gasteiger partial charge on any atom is -0.455 e.